The van der Waals surface area contributed by atoms with Crippen LogP contribution in [0.3, 0.4) is 0 Å². The van der Waals surface area contributed by atoms with E-state index in [-0.39, 0.29) is 18.5 Å². The number of anilines is 2. The van der Waals surface area contributed by atoms with Crippen LogP contribution < -0.4 is 17.3 Å². The topological polar surface area (TPSA) is 32.8 Å². The Morgan fingerprint density at radius 3 is 2.00 bits per heavy atom. The molecule has 0 spiro atoms. The number of fused-ring (bicyclic) bond motifs is 2. The molecule has 0 fully saturated rings. The first-order valence-electron chi connectivity index (χ1n) is 8.14. The molecule has 0 N–H and O–H groups in total. The number of hydrogen-bond acceptors (Lipinski definition) is 3. The maximum atomic E-state index is 12.8. The van der Waals surface area contributed by atoms with Crippen molar-refractivity contribution in [1.82, 2.24) is 4.90 Å². The number of para-hydroxylation sites is 2. The number of halogens is 1. The zero-order valence-corrected chi connectivity index (χ0v) is 15.2. The summed E-state index contributed by atoms with van der Waals surface area (Å²) in [7, 11) is 4.02. The Bertz CT molecular complexity index is 709. The average molecular weight is 358 g/mol. The molecule has 0 aliphatic carbocycles. The summed E-state index contributed by atoms with van der Waals surface area (Å²) in [5.41, 5.74) is 3.69. The molecule has 0 unspecified atom stereocenters. The second-order valence-electron chi connectivity index (χ2n) is 6.06. The summed E-state index contributed by atoms with van der Waals surface area (Å²) in [6.07, 6.45) is 4.55. The molecule has 132 valence electrons. The lowest BCUT2D eigenvalue weighted by molar-refractivity contribution is -0.0000103. The van der Waals surface area contributed by atoms with Gasteiger partial charge in [-0.25, -0.2) is 9.69 Å². The van der Waals surface area contributed by atoms with E-state index in [9.17, 15) is 4.79 Å². The predicted octanol–water partition coefficient (Wildman–Crippen LogP) is 1.40. The molecule has 5 heteroatoms. The van der Waals surface area contributed by atoms with E-state index in [4.69, 9.17) is 4.74 Å². The molecule has 1 heterocycles. The second kappa shape index (κ2) is 8.70. The zero-order chi connectivity index (χ0) is 16.9. The fraction of sp³-hybridized carbons (Fsp3) is 0.250. The summed E-state index contributed by atoms with van der Waals surface area (Å²) >= 11 is 0. The van der Waals surface area contributed by atoms with Gasteiger partial charge in [0, 0.05) is 6.54 Å². The highest BCUT2D eigenvalue weighted by Crippen LogP contribution is 2.36. The first kappa shape index (κ1) is 19.0. The molecule has 4 nitrogen and oxygen atoms in total. The first-order chi connectivity index (χ1) is 11.7. The Labute approximate surface area is 155 Å². The third-order valence-electron chi connectivity index (χ3n) is 3.96. The molecule has 1 aliphatic rings. The summed E-state index contributed by atoms with van der Waals surface area (Å²) in [4.78, 5) is 16.5. The van der Waals surface area contributed by atoms with Gasteiger partial charge in [0.25, 0.3) is 0 Å². The van der Waals surface area contributed by atoms with Crippen LogP contribution in [0.4, 0.5) is 16.2 Å². The third kappa shape index (κ3) is 4.41. The zero-order valence-electron chi connectivity index (χ0n) is 14.5. The molecule has 2 aromatic carbocycles. The Morgan fingerprint density at radius 1 is 0.960 bits per heavy atom. The van der Waals surface area contributed by atoms with Crippen LogP contribution in [0.15, 0.2) is 48.5 Å². The van der Waals surface area contributed by atoms with E-state index in [0.29, 0.717) is 6.61 Å². The van der Waals surface area contributed by atoms with Crippen molar-refractivity contribution < 1.29 is 21.9 Å². The molecular formula is C20H22ClN2O2-. The largest absolute Gasteiger partial charge is 1.00 e. The lowest BCUT2D eigenvalue weighted by atomic mass is 10.1. The number of carbonyl (C=O) groups is 1. The quantitative estimate of drug-likeness (QED) is 0.775. The van der Waals surface area contributed by atoms with Crippen molar-refractivity contribution in [3.8, 4) is 0 Å². The summed E-state index contributed by atoms with van der Waals surface area (Å²) in [6, 6.07) is 15.7. The smallest absolute Gasteiger partial charge is 0.418 e. The minimum atomic E-state index is -0.336. The normalized spacial score (nSPS) is 12.0. The highest BCUT2D eigenvalue weighted by atomic mass is 35.5. The monoisotopic (exact) mass is 357 g/mol. The van der Waals surface area contributed by atoms with Gasteiger partial charge in [-0.2, -0.15) is 0 Å². The fourth-order valence-electron chi connectivity index (χ4n) is 2.78. The number of benzene rings is 2. The van der Waals surface area contributed by atoms with Crippen molar-refractivity contribution in [1.29, 1.82) is 0 Å². The van der Waals surface area contributed by atoms with Crippen LogP contribution in [0.1, 0.15) is 17.5 Å². The molecule has 0 aromatic heterocycles. The van der Waals surface area contributed by atoms with Crippen molar-refractivity contribution in [2.75, 3.05) is 32.1 Å². The van der Waals surface area contributed by atoms with E-state index in [0.717, 1.165) is 35.5 Å². The molecule has 0 saturated carbocycles. The molecule has 0 atom stereocenters. The second-order valence-corrected chi connectivity index (χ2v) is 6.06. The lowest BCUT2D eigenvalue weighted by Gasteiger charge is -2.24. The van der Waals surface area contributed by atoms with E-state index in [1.54, 1.807) is 4.90 Å². The van der Waals surface area contributed by atoms with Gasteiger partial charge in [-0.15, -0.1) is 0 Å². The van der Waals surface area contributed by atoms with E-state index < -0.39 is 0 Å². The van der Waals surface area contributed by atoms with Gasteiger partial charge in [-0.1, -0.05) is 48.6 Å². The number of ether oxygens (including phenoxy) is 1. The number of carbonyl (C=O) groups excluding carboxylic acids is 1. The van der Waals surface area contributed by atoms with E-state index in [1.807, 2.05) is 74.8 Å². The highest BCUT2D eigenvalue weighted by Gasteiger charge is 2.24. The fourth-order valence-corrected chi connectivity index (χ4v) is 2.78. The molecule has 1 amide bonds. The Balaban J connectivity index is 0.00000225. The Kier molecular flexibility index (Phi) is 6.62. The van der Waals surface area contributed by atoms with Gasteiger partial charge in [0.15, 0.2) is 0 Å². The number of nitrogens with zero attached hydrogens (tertiary/aromatic N) is 2. The minimum absolute atomic E-state index is 0. The van der Waals surface area contributed by atoms with E-state index >= 15 is 0 Å². The van der Waals surface area contributed by atoms with Crippen LogP contribution in [0.5, 0.6) is 0 Å². The molecule has 3 rings (SSSR count). The maximum Gasteiger partial charge on any atom is 0.418 e. The summed E-state index contributed by atoms with van der Waals surface area (Å²) in [5.74, 6) is 0. The Morgan fingerprint density at radius 2 is 1.48 bits per heavy atom. The van der Waals surface area contributed by atoms with Gasteiger partial charge in [-0.05, 0) is 43.8 Å². The summed E-state index contributed by atoms with van der Waals surface area (Å²) in [5, 5.41) is 0. The van der Waals surface area contributed by atoms with Gasteiger partial charge in [0.05, 0.1) is 18.0 Å². The molecule has 0 bridgehead atoms. The minimum Gasteiger partial charge on any atom is -1.00 e. The van der Waals surface area contributed by atoms with Crippen LogP contribution in [0, 0.1) is 0 Å². The van der Waals surface area contributed by atoms with Gasteiger partial charge < -0.3 is 22.0 Å². The van der Waals surface area contributed by atoms with Crippen molar-refractivity contribution >= 4 is 29.6 Å². The number of hydrogen-bond donors (Lipinski definition) is 0. The molecule has 2 aromatic rings. The lowest BCUT2D eigenvalue weighted by Crippen LogP contribution is -3.00. The molecular weight excluding hydrogens is 336 g/mol. The van der Waals surface area contributed by atoms with Gasteiger partial charge in [-0.3, -0.25) is 0 Å². The van der Waals surface area contributed by atoms with Crippen LogP contribution in [0.2, 0.25) is 0 Å². The summed E-state index contributed by atoms with van der Waals surface area (Å²) in [6.45, 7) is 1.30. The van der Waals surface area contributed by atoms with Gasteiger partial charge in [0.2, 0.25) is 0 Å². The van der Waals surface area contributed by atoms with Crippen molar-refractivity contribution in [2.24, 2.45) is 0 Å². The van der Waals surface area contributed by atoms with Crippen LogP contribution in [-0.4, -0.2) is 38.2 Å². The summed E-state index contributed by atoms with van der Waals surface area (Å²) < 4.78 is 5.53. The predicted molar refractivity (Wildman–Crippen MR) is 98.5 cm³/mol. The van der Waals surface area contributed by atoms with Crippen LogP contribution >= 0.6 is 0 Å². The molecule has 0 radical (unpaired) electrons. The average Bonchev–Trinajstić information content (AvgIpc) is 2.75. The Hall–Kier alpha value is -2.30. The van der Waals surface area contributed by atoms with Crippen molar-refractivity contribution in [2.45, 2.75) is 6.42 Å². The first-order valence-corrected chi connectivity index (χ1v) is 8.14. The highest BCUT2D eigenvalue weighted by molar-refractivity contribution is 6.03. The molecule has 0 saturated heterocycles. The standard InChI is InChI=1S/C20H22N2O2.ClH/c1-21(2)14-7-15-24-20(23)22-18-10-5-3-8-16(18)12-13-17-9-4-6-11-19(17)22;/h3-6,8-13H,7,14-15H2,1-2H3;1H/p-1. The third-order valence-corrected chi connectivity index (χ3v) is 3.96. The van der Waals surface area contributed by atoms with Gasteiger partial charge in [0.1, 0.15) is 0 Å². The molecule has 25 heavy (non-hydrogen) atoms. The number of rotatable bonds is 4. The van der Waals surface area contributed by atoms with E-state index in [2.05, 4.69) is 4.90 Å². The maximum absolute atomic E-state index is 12.8. The van der Waals surface area contributed by atoms with Crippen molar-refractivity contribution in [3.63, 3.8) is 0 Å². The number of amides is 1. The van der Waals surface area contributed by atoms with Crippen molar-refractivity contribution in [3.05, 3.63) is 59.7 Å². The SMILES string of the molecule is CN(C)CCCOC(=O)N1c2ccccc2C=Cc2ccccc21.[Cl-]. The van der Waals surface area contributed by atoms with Crippen LogP contribution in [0.25, 0.3) is 12.2 Å². The van der Waals surface area contributed by atoms with Gasteiger partial charge >= 0.3 is 6.09 Å². The molecule has 1 aliphatic heterocycles. The van der Waals surface area contributed by atoms with E-state index in [1.165, 1.54) is 0 Å². The van der Waals surface area contributed by atoms with Crippen LogP contribution in [-0.2, 0) is 4.74 Å².